The minimum atomic E-state index is 0.407. The topological polar surface area (TPSA) is 54.9 Å². The van der Waals surface area contributed by atoms with E-state index in [0.29, 0.717) is 12.6 Å². The second kappa shape index (κ2) is 9.81. The Morgan fingerprint density at radius 2 is 2.15 bits per heavy atom. The molecule has 1 saturated carbocycles. The fourth-order valence-electron chi connectivity index (χ4n) is 3.15. The lowest BCUT2D eigenvalue weighted by Crippen LogP contribution is -2.38. The van der Waals surface area contributed by atoms with Crippen molar-refractivity contribution in [3.63, 3.8) is 0 Å². The van der Waals surface area contributed by atoms with Crippen LogP contribution in [0.2, 0.25) is 0 Å². The molecular formula is C21H33N3O2. The number of rotatable bonds is 9. The summed E-state index contributed by atoms with van der Waals surface area (Å²) in [6.07, 6.45) is 6.42. The highest BCUT2D eigenvalue weighted by Gasteiger charge is 2.22. The molecule has 1 saturated heterocycles. The molecule has 0 spiro atoms. The number of hydrogen-bond donors (Lipinski definition) is 2. The van der Waals surface area contributed by atoms with E-state index in [2.05, 4.69) is 42.7 Å². The third-order valence-corrected chi connectivity index (χ3v) is 4.93. The summed E-state index contributed by atoms with van der Waals surface area (Å²) in [6, 6.07) is 6.40. The Kier molecular flexibility index (Phi) is 7.18. The molecule has 1 heterocycles. The second-order valence-electron chi connectivity index (χ2n) is 7.41. The minimum absolute atomic E-state index is 0.407. The summed E-state index contributed by atoms with van der Waals surface area (Å²) in [5.74, 6) is 2.60. The van der Waals surface area contributed by atoms with Gasteiger partial charge < -0.3 is 20.1 Å². The van der Waals surface area contributed by atoms with Gasteiger partial charge in [-0.25, -0.2) is 4.99 Å². The quantitative estimate of drug-likeness (QED) is 0.524. The number of hydrogen-bond acceptors (Lipinski definition) is 3. The van der Waals surface area contributed by atoms with Gasteiger partial charge in [0.2, 0.25) is 0 Å². The number of nitrogens with zero attached hydrogens (tertiary/aromatic N) is 1. The van der Waals surface area contributed by atoms with Gasteiger partial charge in [-0.2, -0.15) is 0 Å². The average Bonchev–Trinajstić information content (AvgIpc) is 3.33. The van der Waals surface area contributed by atoms with E-state index >= 15 is 0 Å². The third kappa shape index (κ3) is 6.20. The van der Waals surface area contributed by atoms with Gasteiger partial charge in [-0.3, -0.25) is 0 Å². The van der Waals surface area contributed by atoms with Crippen LogP contribution in [0.3, 0.4) is 0 Å². The summed E-state index contributed by atoms with van der Waals surface area (Å²) in [7, 11) is 0. The van der Waals surface area contributed by atoms with Crippen LogP contribution in [0.4, 0.5) is 0 Å². The number of benzene rings is 1. The van der Waals surface area contributed by atoms with Crippen molar-refractivity contribution in [2.24, 2.45) is 10.9 Å². The molecule has 5 nitrogen and oxygen atoms in total. The monoisotopic (exact) mass is 359 g/mol. The van der Waals surface area contributed by atoms with Gasteiger partial charge in [0.05, 0.1) is 19.3 Å². The largest absolute Gasteiger partial charge is 0.493 e. The van der Waals surface area contributed by atoms with E-state index in [1.165, 1.54) is 31.2 Å². The van der Waals surface area contributed by atoms with Crippen molar-refractivity contribution in [2.45, 2.75) is 58.6 Å². The van der Waals surface area contributed by atoms with E-state index in [0.717, 1.165) is 55.9 Å². The molecule has 2 N–H and O–H groups in total. The number of ether oxygens (including phenoxy) is 2. The van der Waals surface area contributed by atoms with Crippen LogP contribution in [-0.4, -0.2) is 38.4 Å². The van der Waals surface area contributed by atoms with Crippen molar-refractivity contribution >= 4 is 5.96 Å². The lowest BCUT2D eigenvalue weighted by atomic mass is 10.1. The Labute approximate surface area is 157 Å². The van der Waals surface area contributed by atoms with Crippen LogP contribution in [0.15, 0.2) is 23.2 Å². The van der Waals surface area contributed by atoms with Crippen LogP contribution >= 0.6 is 0 Å². The van der Waals surface area contributed by atoms with Crippen molar-refractivity contribution in [1.29, 1.82) is 0 Å². The Balaban J connectivity index is 1.54. The first-order chi connectivity index (χ1) is 12.7. The molecule has 0 bridgehead atoms. The van der Waals surface area contributed by atoms with Crippen molar-refractivity contribution < 1.29 is 9.47 Å². The van der Waals surface area contributed by atoms with Gasteiger partial charge in [0.15, 0.2) is 5.96 Å². The third-order valence-electron chi connectivity index (χ3n) is 4.93. The summed E-state index contributed by atoms with van der Waals surface area (Å²) >= 11 is 0. The molecule has 26 heavy (non-hydrogen) atoms. The summed E-state index contributed by atoms with van der Waals surface area (Å²) < 4.78 is 11.7. The Morgan fingerprint density at radius 1 is 1.27 bits per heavy atom. The van der Waals surface area contributed by atoms with Gasteiger partial charge in [0.1, 0.15) is 5.75 Å². The molecule has 1 unspecified atom stereocenters. The fourth-order valence-corrected chi connectivity index (χ4v) is 3.15. The van der Waals surface area contributed by atoms with Crippen LogP contribution in [0.5, 0.6) is 5.75 Å². The Hall–Kier alpha value is -1.75. The number of aryl methyl sites for hydroxylation is 1. The molecule has 0 amide bonds. The second-order valence-corrected chi connectivity index (χ2v) is 7.41. The van der Waals surface area contributed by atoms with Crippen molar-refractivity contribution in [2.75, 3.05) is 26.3 Å². The van der Waals surface area contributed by atoms with Gasteiger partial charge in [-0.1, -0.05) is 12.1 Å². The van der Waals surface area contributed by atoms with Crippen LogP contribution in [0.25, 0.3) is 0 Å². The highest BCUT2D eigenvalue weighted by molar-refractivity contribution is 5.79. The summed E-state index contributed by atoms with van der Waals surface area (Å²) in [6.45, 7) is 8.30. The van der Waals surface area contributed by atoms with Crippen LogP contribution in [0.1, 0.15) is 50.2 Å². The first-order valence-corrected chi connectivity index (χ1v) is 10.1. The lowest BCUT2D eigenvalue weighted by Gasteiger charge is -2.15. The maximum Gasteiger partial charge on any atom is 0.191 e. The van der Waals surface area contributed by atoms with E-state index in [9.17, 15) is 0 Å². The number of nitrogens with one attached hydrogen (secondary N) is 2. The van der Waals surface area contributed by atoms with E-state index < -0.39 is 0 Å². The molecule has 0 aromatic heterocycles. The number of guanidine groups is 1. The highest BCUT2D eigenvalue weighted by atomic mass is 16.5. The first kappa shape index (κ1) is 19.0. The van der Waals surface area contributed by atoms with Crippen LogP contribution in [-0.2, 0) is 11.3 Å². The summed E-state index contributed by atoms with van der Waals surface area (Å²) in [5, 5.41) is 6.75. The molecule has 2 aliphatic rings. The van der Waals surface area contributed by atoms with Crippen molar-refractivity contribution in [3.8, 4) is 5.75 Å². The van der Waals surface area contributed by atoms with E-state index in [1.807, 2.05) is 0 Å². The minimum Gasteiger partial charge on any atom is -0.493 e. The molecule has 1 aromatic rings. The molecule has 2 fully saturated rings. The van der Waals surface area contributed by atoms with Gasteiger partial charge >= 0.3 is 0 Å². The molecule has 144 valence electrons. The van der Waals surface area contributed by atoms with E-state index in [-0.39, 0.29) is 0 Å². The molecule has 0 radical (unpaired) electrons. The summed E-state index contributed by atoms with van der Waals surface area (Å²) in [5.41, 5.74) is 2.37. The molecule has 3 rings (SSSR count). The maximum absolute atomic E-state index is 6.06. The normalized spacial score (nSPS) is 20.2. The Morgan fingerprint density at radius 3 is 2.88 bits per heavy atom. The lowest BCUT2D eigenvalue weighted by molar-refractivity contribution is 0.105. The Bertz CT molecular complexity index is 593. The molecular weight excluding hydrogens is 326 g/mol. The van der Waals surface area contributed by atoms with E-state index in [1.54, 1.807) is 0 Å². The standard InChI is InChI=1S/C21H33N3O2/c1-3-22-21(23-11-10-19-5-4-12-25-19)24-14-18-9-6-16(2)13-20(18)26-15-17-7-8-17/h6,9,13,17,19H,3-5,7-8,10-12,14-15H2,1-2H3,(H2,22,23,24). The molecule has 5 heteroatoms. The number of aliphatic imine (C=N–C) groups is 1. The molecule has 1 atom stereocenters. The molecule has 1 aliphatic heterocycles. The van der Waals surface area contributed by atoms with Gasteiger partial charge in [-0.15, -0.1) is 0 Å². The predicted molar refractivity (Wildman–Crippen MR) is 106 cm³/mol. The average molecular weight is 360 g/mol. The first-order valence-electron chi connectivity index (χ1n) is 10.1. The van der Waals surface area contributed by atoms with Gasteiger partial charge in [0, 0.05) is 25.3 Å². The van der Waals surface area contributed by atoms with Gasteiger partial charge in [-0.05, 0) is 63.5 Å². The highest BCUT2D eigenvalue weighted by Crippen LogP contribution is 2.31. The van der Waals surface area contributed by atoms with Crippen LogP contribution in [0, 0.1) is 12.8 Å². The fraction of sp³-hybridized carbons (Fsp3) is 0.667. The molecule has 1 aromatic carbocycles. The smallest absolute Gasteiger partial charge is 0.191 e. The van der Waals surface area contributed by atoms with Crippen molar-refractivity contribution in [3.05, 3.63) is 29.3 Å². The maximum atomic E-state index is 6.06. The predicted octanol–water partition coefficient (Wildman–Crippen LogP) is 3.41. The zero-order valence-electron chi connectivity index (χ0n) is 16.2. The van der Waals surface area contributed by atoms with Gasteiger partial charge in [0.25, 0.3) is 0 Å². The zero-order chi connectivity index (χ0) is 18.2. The van der Waals surface area contributed by atoms with Crippen molar-refractivity contribution in [1.82, 2.24) is 10.6 Å². The van der Waals surface area contributed by atoms with E-state index in [4.69, 9.17) is 14.5 Å². The SMILES string of the molecule is CCNC(=NCc1ccc(C)cc1OCC1CC1)NCCC1CCCO1. The van der Waals surface area contributed by atoms with Crippen LogP contribution < -0.4 is 15.4 Å². The summed E-state index contributed by atoms with van der Waals surface area (Å²) in [4.78, 5) is 4.75. The zero-order valence-corrected chi connectivity index (χ0v) is 16.2. The molecule has 1 aliphatic carbocycles.